The number of rotatable bonds is 7. The van der Waals surface area contributed by atoms with Crippen LogP contribution in [0.5, 0.6) is 5.75 Å². The number of hydrogen-bond acceptors (Lipinski definition) is 6. The van der Waals surface area contributed by atoms with E-state index in [1.54, 1.807) is 37.9 Å². The summed E-state index contributed by atoms with van der Waals surface area (Å²) in [7, 11) is 1.58. The van der Waals surface area contributed by atoms with Crippen LogP contribution in [-0.2, 0) is 0 Å². The number of halogens is 2. The largest absolute Gasteiger partial charge is 0.497 e. The third-order valence-electron chi connectivity index (χ3n) is 5.14. The third-order valence-corrected chi connectivity index (χ3v) is 8.12. The summed E-state index contributed by atoms with van der Waals surface area (Å²) >= 11 is 15.4. The smallest absolute Gasteiger partial charge is 0.355 e. The fourth-order valence-electron chi connectivity index (χ4n) is 3.72. The summed E-state index contributed by atoms with van der Waals surface area (Å²) in [6, 6.07) is 11.0. The number of carboxylic acids is 1. The summed E-state index contributed by atoms with van der Waals surface area (Å²) in [5, 5.41) is 16.5. The Morgan fingerprint density at radius 2 is 1.86 bits per heavy atom. The average Bonchev–Trinajstić information content (AvgIpc) is 3.35. The van der Waals surface area contributed by atoms with E-state index in [-0.39, 0.29) is 5.69 Å². The molecule has 2 aromatic carbocycles. The number of aryl methyl sites for hydroxylation is 2. The molecule has 4 rings (SSSR count). The SMILES string of the molecule is COc1cc(C)cc(-c2c(C)nn(-c3nc(-c4ccc(Cl)c(Cl)c4)c(SC(C)C)s3)c2C(=O)O)c1. The van der Waals surface area contributed by atoms with Crippen LogP contribution in [0.4, 0.5) is 0 Å². The monoisotopic (exact) mass is 547 g/mol. The number of methoxy groups -OCH3 is 1. The second-order valence-corrected chi connectivity index (χ2v) is 11.8. The fraction of sp³-hybridized carbons (Fsp3) is 0.240. The molecule has 0 fully saturated rings. The van der Waals surface area contributed by atoms with Crippen LogP contribution in [0.3, 0.4) is 0 Å². The van der Waals surface area contributed by atoms with Gasteiger partial charge >= 0.3 is 5.97 Å². The zero-order valence-corrected chi connectivity index (χ0v) is 22.9. The summed E-state index contributed by atoms with van der Waals surface area (Å²) in [5.41, 5.74) is 4.35. The van der Waals surface area contributed by atoms with Crippen molar-refractivity contribution in [3.63, 3.8) is 0 Å². The van der Waals surface area contributed by atoms with Crippen LogP contribution in [0.15, 0.2) is 40.6 Å². The molecule has 0 aliphatic heterocycles. The summed E-state index contributed by atoms with van der Waals surface area (Å²) < 4.78 is 7.76. The molecular formula is C25H23Cl2N3O3S2. The van der Waals surface area contributed by atoms with E-state index in [2.05, 4.69) is 18.9 Å². The Morgan fingerprint density at radius 1 is 1.11 bits per heavy atom. The first kappa shape index (κ1) is 25.6. The summed E-state index contributed by atoms with van der Waals surface area (Å²) in [6.45, 7) is 7.91. The molecule has 0 aliphatic rings. The van der Waals surface area contributed by atoms with Crippen molar-refractivity contribution in [2.45, 2.75) is 37.2 Å². The van der Waals surface area contributed by atoms with Gasteiger partial charge in [-0.15, -0.1) is 11.8 Å². The van der Waals surface area contributed by atoms with Gasteiger partial charge in [-0.05, 0) is 49.2 Å². The molecule has 0 radical (unpaired) electrons. The Morgan fingerprint density at radius 3 is 2.49 bits per heavy atom. The van der Waals surface area contributed by atoms with Crippen molar-refractivity contribution in [1.29, 1.82) is 0 Å². The summed E-state index contributed by atoms with van der Waals surface area (Å²) in [4.78, 5) is 17.3. The van der Waals surface area contributed by atoms with Gasteiger partial charge in [0.05, 0.1) is 32.8 Å². The zero-order chi connectivity index (χ0) is 25.4. The number of hydrogen-bond donors (Lipinski definition) is 1. The first-order chi connectivity index (χ1) is 16.6. The lowest BCUT2D eigenvalue weighted by molar-refractivity contribution is 0.0688. The molecule has 2 heterocycles. The highest BCUT2D eigenvalue weighted by atomic mass is 35.5. The minimum Gasteiger partial charge on any atom is -0.497 e. The van der Waals surface area contributed by atoms with Gasteiger partial charge in [0.15, 0.2) is 5.69 Å². The van der Waals surface area contributed by atoms with Crippen LogP contribution in [-0.4, -0.2) is 38.2 Å². The summed E-state index contributed by atoms with van der Waals surface area (Å²) in [6.07, 6.45) is 0. The van der Waals surface area contributed by atoms with E-state index in [9.17, 15) is 9.90 Å². The average molecular weight is 549 g/mol. The van der Waals surface area contributed by atoms with Crippen molar-refractivity contribution in [2.75, 3.05) is 7.11 Å². The van der Waals surface area contributed by atoms with Crippen LogP contribution < -0.4 is 4.74 Å². The van der Waals surface area contributed by atoms with E-state index in [0.29, 0.717) is 43.1 Å². The molecule has 10 heteroatoms. The van der Waals surface area contributed by atoms with E-state index in [0.717, 1.165) is 20.9 Å². The van der Waals surface area contributed by atoms with Crippen molar-refractivity contribution in [3.05, 3.63) is 63.4 Å². The molecule has 0 amide bonds. The second-order valence-electron chi connectivity index (χ2n) is 8.19. The Balaban J connectivity index is 1.93. The number of benzene rings is 2. The molecule has 35 heavy (non-hydrogen) atoms. The topological polar surface area (TPSA) is 77.2 Å². The number of aromatic nitrogens is 3. The molecule has 0 saturated heterocycles. The molecule has 4 aromatic rings. The third kappa shape index (κ3) is 5.21. The standard InChI is InChI=1S/C25H23Cl2N3O3S2/c1-12(2)34-24-21(15-6-7-18(26)19(27)11-15)28-25(35-24)30-22(23(31)32)20(14(4)29-30)16-8-13(3)9-17(10-16)33-5/h6-12H,1-5H3,(H,31,32). The fourth-order valence-corrected chi connectivity index (χ4v) is 6.50. The van der Waals surface area contributed by atoms with Crippen LogP contribution >= 0.6 is 46.3 Å². The molecule has 0 atom stereocenters. The van der Waals surface area contributed by atoms with Gasteiger partial charge in [0, 0.05) is 16.4 Å². The highest BCUT2D eigenvalue weighted by molar-refractivity contribution is 8.01. The molecule has 182 valence electrons. The maximum Gasteiger partial charge on any atom is 0.355 e. The molecule has 0 bridgehead atoms. The Hall–Kier alpha value is -2.52. The van der Waals surface area contributed by atoms with Crippen molar-refractivity contribution >= 4 is 52.3 Å². The predicted molar refractivity (Wildman–Crippen MR) is 144 cm³/mol. The first-order valence-corrected chi connectivity index (χ1v) is 13.2. The number of aromatic carboxylic acids is 1. The molecule has 2 aromatic heterocycles. The lowest BCUT2D eigenvalue weighted by Crippen LogP contribution is -2.09. The second kappa shape index (κ2) is 10.2. The van der Waals surface area contributed by atoms with Gasteiger partial charge in [0.1, 0.15) is 5.75 Å². The quantitative estimate of drug-likeness (QED) is 0.238. The Labute approximate surface area is 221 Å². The van der Waals surface area contributed by atoms with Gasteiger partial charge in [0.2, 0.25) is 5.13 Å². The maximum atomic E-state index is 12.5. The van der Waals surface area contributed by atoms with Gasteiger partial charge < -0.3 is 9.84 Å². The number of thioether (sulfide) groups is 1. The van der Waals surface area contributed by atoms with Gasteiger partial charge in [-0.2, -0.15) is 9.78 Å². The Bertz CT molecular complexity index is 1430. The van der Waals surface area contributed by atoms with Crippen molar-refractivity contribution in [2.24, 2.45) is 0 Å². The number of nitrogens with zero attached hydrogens (tertiary/aromatic N) is 3. The Kier molecular flexibility index (Phi) is 7.47. The lowest BCUT2D eigenvalue weighted by atomic mass is 10.0. The van der Waals surface area contributed by atoms with Gasteiger partial charge in [-0.1, -0.05) is 60.5 Å². The van der Waals surface area contributed by atoms with E-state index in [4.69, 9.17) is 32.9 Å². The number of carbonyl (C=O) groups is 1. The summed E-state index contributed by atoms with van der Waals surface area (Å²) in [5.74, 6) is -0.444. The molecule has 0 saturated carbocycles. The molecule has 0 spiro atoms. The van der Waals surface area contributed by atoms with Crippen molar-refractivity contribution < 1.29 is 14.6 Å². The number of thiazole rings is 1. The molecule has 0 aliphatic carbocycles. The molecule has 0 unspecified atom stereocenters. The number of carboxylic acid groups (broad SMARTS) is 1. The van der Waals surface area contributed by atoms with Crippen LogP contribution in [0.1, 0.15) is 35.6 Å². The van der Waals surface area contributed by atoms with Crippen LogP contribution in [0.25, 0.3) is 27.5 Å². The van der Waals surface area contributed by atoms with Crippen molar-refractivity contribution in [3.8, 4) is 33.3 Å². The van der Waals surface area contributed by atoms with Crippen LogP contribution in [0.2, 0.25) is 10.0 Å². The normalized spacial score (nSPS) is 11.3. The minimum atomic E-state index is -1.09. The van der Waals surface area contributed by atoms with E-state index in [1.165, 1.54) is 16.0 Å². The predicted octanol–water partition coefficient (Wildman–Crippen LogP) is 7.79. The van der Waals surface area contributed by atoms with Gasteiger partial charge in [-0.3, -0.25) is 0 Å². The molecule has 1 N–H and O–H groups in total. The van der Waals surface area contributed by atoms with Gasteiger partial charge in [-0.25, -0.2) is 9.78 Å². The van der Waals surface area contributed by atoms with Crippen LogP contribution in [0, 0.1) is 13.8 Å². The first-order valence-electron chi connectivity index (χ1n) is 10.7. The van der Waals surface area contributed by atoms with E-state index in [1.807, 2.05) is 31.2 Å². The molecule has 6 nitrogen and oxygen atoms in total. The van der Waals surface area contributed by atoms with E-state index < -0.39 is 5.97 Å². The number of ether oxygens (including phenoxy) is 1. The lowest BCUT2D eigenvalue weighted by Gasteiger charge is -2.08. The highest BCUT2D eigenvalue weighted by Gasteiger charge is 2.27. The van der Waals surface area contributed by atoms with E-state index >= 15 is 0 Å². The van der Waals surface area contributed by atoms with Gasteiger partial charge in [0.25, 0.3) is 0 Å². The minimum absolute atomic E-state index is 0.0469. The maximum absolute atomic E-state index is 12.5. The highest BCUT2D eigenvalue weighted by Crippen LogP contribution is 2.42. The molecular weight excluding hydrogens is 525 g/mol. The van der Waals surface area contributed by atoms with Crippen molar-refractivity contribution in [1.82, 2.24) is 14.8 Å². The zero-order valence-electron chi connectivity index (χ0n) is 19.7.